The molecule has 0 aliphatic carbocycles. The zero-order chi connectivity index (χ0) is 17.6. The molecule has 0 saturated heterocycles. The van der Waals surface area contributed by atoms with Gasteiger partial charge >= 0.3 is 0 Å². The number of nitro groups is 1. The Morgan fingerprint density at radius 1 is 1.12 bits per heavy atom. The van der Waals surface area contributed by atoms with Gasteiger partial charge in [0.15, 0.2) is 0 Å². The highest BCUT2D eigenvalue weighted by molar-refractivity contribution is 7.91. The standard InChI is InChI=1S/C14H10N2O6S2/c1-15-14(17)10-4-2-3-5-11(10)23(20)12-8-9(16(18)19)6-7-13(12)24(15,21)22/h2-8H,1H3. The van der Waals surface area contributed by atoms with Crippen LogP contribution in [0.4, 0.5) is 5.69 Å². The van der Waals surface area contributed by atoms with Crippen molar-refractivity contribution in [2.45, 2.75) is 14.7 Å². The topological polar surface area (TPSA) is 115 Å². The van der Waals surface area contributed by atoms with Gasteiger partial charge in [0, 0.05) is 19.2 Å². The molecule has 2 aromatic carbocycles. The van der Waals surface area contributed by atoms with Gasteiger partial charge in [-0.3, -0.25) is 14.9 Å². The van der Waals surface area contributed by atoms with E-state index in [1.807, 2.05) is 0 Å². The van der Waals surface area contributed by atoms with E-state index in [9.17, 15) is 27.5 Å². The molecule has 1 aliphatic heterocycles. The summed E-state index contributed by atoms with van der Waals surface area (Å²) in [5, 5.41) is 11.0. The van der Waals surface area contributed by atoms with Crippen LogP contribution in [0.25, 0.3) is 0 Å². The van der Waals surface area contributed by atoms with E-state index in [2.05, 4.69) is 0 Å². The van der Waals surface area contributed by atoms with E-state index in [4.69, 9.17) is 0 Å². The Hall–Kier alpha value is -2.59. The Morgan fingerprint density at radius 3 is 2.46 bits per heavy atom. The number of rotatable bonds is 1. The number of hydrogen-bond acceptors (Lipinski definition) is 6. The molecule has 1 amide bonds. The summed E-state index contributed by atoms with van der Waals surface area (Å²) in [5.41, 5.74) is -0.414. The van der Waals surface area contributed by atoms with Gasteiger partial charge in [-0.2, -0.15) is 0 Å². The molecule has 1 aliphatic rings. The summed E-state index contributed by atoms with van der Waals surface area (Å²) >= 11 is 0. The summed E-state index contributed by atoms with van der Waals surface area (Å²) in [6.45, 7) is 0. The fourth-order valence-electron chi connectivity index (χ4n) is 2.32. The van der Waals surface area contributed by atoms with Crippen molar-refractivity contribution in [3.05, 3.63) is 58.1 Å². The van der Waals surface area contributed by atoms with Crippen LogP contribution in [0.15, 0.2) is 57.2 Å². The third-order valence-corrected chi connectivity index (χ3v) is 7.00. The highest BCUT2D eigenvalue weighted by atomic mass is 32.2. The first kappa shape index (κ1) is 16.3. The van der Waals surface area contributed by atoms with E-state index in [0.29, 0.717) is 4.31 Å². The maximum Gasteiger partial charge on any atom is 0.270 e. The maximum atomic E-state index is 12.8. The molecular weight excluding hydrogens is 356 g/mol. The molecule has 3 rings (SSSR count). The number of carbonyl (C=O) groups is 1. The first-order valence-corrected chi connectivity index (χ1v) is 9.16. The van der Waals surface area contributed by atoms with E-state index >= 15 is 0 Å². The van der Waals surface area contributed by atoms with Crippen LogP contribution in [0.5, 0.6) is 0 Å². The van der Waals surface area contributed by atoms with Crippen molar-refractivity contribution in [3.8, 4) is 0 Å². The molecule has 0 bridgehead atoms. The fourth-order valence-corrected chi connectivity index (χ4v) is 5.30. The van der Waals surface area contributed by atoms with Gasteiger partial charge in [-0.1, -0.05) is 12.1 Å². The molecule has 24 heavy (non-hydrogen) atoms. The Kier molecular flexibility index (Phi) is 3.73. The van der Waals surface area contributed by atoms with Crippen molar-refractivity contribution < 1.29 is 22.3 Å². The summed E-state index contributed by atoms with van der Waals surface area (Å²) in [4.78, 5) is 22.2. The second kappa shape index (κ2) is 5.49. The van der Waals surface area contributed by atoms with Crippen LogP contribution in [0.3, 0.4) is 0 Å². The van der Waals surface area contributed by atoms with E-state index in [-0.39, 0.29) is 21.0 Å². The third-order valence-electron chi connectivity index (χ3n) is 3.58. The van der Waals surface area contributed by atoms with Gasteiger partial charge in [0.25, 0.3) is 21.6 Å². The first-order chi connectivity index (χ1) is 11.2. The largest absolute Gasteiger partial charge is 0.270 e. The zero-order valence-electron chi connectivity index (χ0n) is 12.2. The Balaban J connectivity index is 2.41. The van der Waals surface area contributed by atoms with Gasteiger partial charge in [0.05, 0.1) is 31.1 Å². The number of nitro benzene ring substituents is 1. The van der Waals surface area contributed by atoms with Crippen molar-refractivity contribution in [1.29, 1.82) is 0 Å². The van der Waals surface area contributed by atoms with E-state index in [1.165, 1.54) is 18.2 Å². The van der Waals surface area contributed by atoms with Crippen molar-refractivity contribution in [1.82, 2.24) is 4.31 Å². The van der Waals surface area contributed by atoms with Crippen LogP contribution < -0.4 is 0 Å². The minimum atomic E-state index is -4.28. The number of nitrogens with zero attached hydrogens (tertiary/aromatic N) is 2. The van der Waals surface area contributed by atoms with Crippen molar-refractivity contribution >= 4 is 32.4 Å². The maximum absolute atomic E-state index is 12.8. The third kappa shape index (κ3) is 2.31. The molecule has 2 aromatic rings. The minimum Gasteiger partial charge on any atom is -0.268 e. The lowest BCUT2D eigenvalue weighted by Crippen LogP contribution is -2.35. The van der Waals surface area contributed by atoms with Crippen LogP contribution in [0.1, 0.15) is 10.4 Å². The van der Waals surface area contributed by atoms with Gasteiger partial charge < -0.3 is 0 Å². The van der Waals surface area contributed by atoms with Gasteiger partial charge in [-0.05, 0) is 18.2 Å². The van der Waals surface area contributed by atoms with Crippen LogP contribution in [-0.2, 0) is 20.8 Å². The van der Waals surface area contributed by atoms with Crippen molar-refractivity contribution in [2.24, 2.45) is 0 Å². The Bertz CT molecular complexity index is 1020. The average molecular weight is 366 g/mol. The SMILES string of the molecule is CN1C(=O)c2ccccc2S(=O)c2cc([N+](=O)[O-])ccc2S1(=O)=O. The highest BCUT2D eigenvalue weighted by Gasteiger charge is 2.36. The lowest BCUT2D eigenvalue weighted by atomic mass is 10.2. The minimum absolute atomic E-state index is 0.0286. The molecule has 0 fully saturated rings. The van der Waals surface area contributed by atoms with Gasteiger partial charge in [-0.15, -0.1) is 0 Å². The van der Waals surface area contributed by atoms with E-state index in [0.717, 1.165) is 25.2 Å². The molecule has 1 atom stereocenters. The molecule has 0 N–H and O–H groups in total. The quantitative estimate of drug-likeness (QED) is 0.558. The van der Waals surface area contributed by atoms with E-state index in [1.54, 1.807) is 6.07 Å². The molecule has 0 aromatic heterocycles. The highest BCUT2D eigenvalue weighted by Crippen LogP contribution is 2.33. The molecule has 8 nitrogen and oxygen atoms in total. The number of sulfonamides is 1. The molecule has 1 unspecified atom stereocenters. The summed E-state index contributed by atoms with van der Waals surface area (Å²) in [5.74, 6) is -0.817. The number of hydrogen-bond donors (Lipinski definition) is 0. The molecule has 0 spiro atoms. The monoisotopic (exact) mass is 366 g/mol. The van der Waals surface area contributed by atoms with Crippen molar-refractivity contribution in [2.75, 3.05) is 7.05 Å². The predicted molar refractivity (Wildman–Crippen MR) is 83.5 cm³/mol. The van der Waals surface area contributed by atoms with Gasteiger partial charge in [0.1, 0.15) is 4.90 Å². The van der Waals surface area contributed by atoms with Gasteiger partial charge in [0.2, 0.25) is 0 Å². The number of carbonyl (C=O) groups excluding carboxylic acids is 1. The second-order valence-electron chi connectivity index (χ2n) is 4.93. The lowest BCUT2D eigenvalue weighted by molar-refractivity contribution is -0.385. The lowest BCUT2D eigenvalue weighted by Gasteiger charge is -2.23. The number of fused-ring (bicyclic) bond motifs is 2. The first-order valence-electron chi connectivity index (χ1n) is 6.57. The van der Waals surface area contributed by atoms with Crippen LogP contribution in [0, 0.1) is 10.1 Å². The summed E-state index contributed by atoms with van der Waals surface area (Å²) < 4.78 is 38.6. The Labute approximate surface area is 139 Å². The van der Waals surface area contributed by atoms with Crippen LogP contribution in [0.2, 0.25) is 0 Å². The number of non-ortho nitro benzene ring substituents is 1. The molecule has 1 heterocycles. The second-order valence-corrected chi connectivity index (χ2v) is 8.29. The van der Waals surface area contributed by atoms with Crippen LogP contribution in [-0.4, -0.2) is 34.8 Å². The normalized spacial score (nSPS) is 19.0. The molecule has 0 radical (unpaired) electrons. The predicted octanol–water partition coefficient (Wildman–Crippen LogP) is 1.54. The summed E-state index contributed by atoms with van der Waals surface area (Å²) in [6, 6.07) is 8.82. The molecule has 10 heteroatoms. The van der Waals surface area contributed by atoms with Crippen molar-refractivity contribution in [3.63, 3.8) is 0 Å². The zero-order valence-corrected chi connectivity index (χ0v) is 13.8. The number of benzene rings is 2. The Morgan fingerprint density at radius 2 is 1.79 bits per heavy atom. The fraction of sp³-hybridized carbons (Fsp3) is 0.0714. The molecule has 0 saturated carbocycles. The smallest absolute Gasteiger partial charge is 0.268 e. The molecular formula is C14H10N2O6S2. The summed E-state index contributed by atoms with van der Waals surface area (Å²) in [7, 11) is -5.25. The molecule has 124 valence electrons. The van der Waals surface area contributed by atoms with Crippen LogP contribution >= 0.6 is 0 Å². The van der Waals surface area contributed by atoms with Gasteiger partial charge in [-0.25, -0.2) is 16.9 Å². The number of amides is 1. The van der Waals surface area contributed by atoms with E-state index < -0.39 is 36.5 Å². The average Bonchev–Trinajstić information content (AvgIpc) is 2.58. The summed E-state index contributed by atoms with van der Waals surface area (Å²) in [6.07, 6.45) is 0.